The van der Waals surface area contributed by atoms with E-state index in [4.69, 9.17) is 14.6 Å². The second-order valence-corrected chi connectivity index (χ2v) is 4.30. The van der Waals surface area contributed by atoms with E-state index in [0.29, 0.717) is 6.54 Å². The van der Waals surface area contributed by atoms with Crippen molar-refractivity contribution >= 4 is 12.1 Å². The number of nitrogens with zero attached hydrogens (tertiary/aromatic N) is 1. The number of amides is 1. The van der Waals surface area contributed by atoms with Crippen molar-refractivity contribution < 1.29 is 24.2 Å². The van der Waals surface area contributed by atoms with Crippen molar-refractivity contribution in [3.05, 3.63) is 29.8 Å². The number of hydrogen-bond donors (Lipinski definition) is 1. The average molecular weight is 265 g/mol. The predicted molar refractivity (Wildman–Crippen MR) is 65.9 cm³/mol. The molecule has 1 amide bonds. The molecule has 1 aliphatic rings. The van der Waals surface area contributed by atoms with Gasteiger partial charge < -0.3 is 14.6 Å². The van der Waals surface area contributed by atoms with Crippen LogP contribution >= 0.6 is 0 Å². The van der Waals surface area contributed by atoms with Gasteiger partial charge in [0.05, 0.1) is 19.6 Å². The molecule has 2 rings (SSSR count). The third-order valence-electron chi connectivity index (χ3n) is 3.00. The number of benzene rings is 1. The molecule has 6 nitrogen and oxygen atoms in total. The Morgan fingerprint density at radius 1 is 1.47 bits per heavy atom. The molecule has 0 radical (unpaired) electrons. The lowest BCUT2D eigenvalue weighted by Gasteiger charge is -2.20. The van der Waals surface area contributed by atoms with E-state index in [-0.39, 0.29) is 13.0 Å². The average Bonchev–Trinajstić information content (AvgIpc) is 2.72. The van der Waals surface area contributed by atoms with E-state index in [2.05, 4.69) is 0 Å². The van der Waals surface area contributed by atoms with Crippen molar-refractivity contribution in [3.8, 4) is 5.75 Å². The highest BCUT2D eigenvalue weighted by Gasteiger charge is 2.34. The van der Waals surface area contributed by atoms with Gasteiger partial charge in [-0.15, -0.1) is 0 Å². The Bertz CT molecular complexity index is 470. The number of aliphatic carboxylic acids is 1. The summed E-state index contributed by atoms with van der Waals surface area (Å²) < 4.78 is 9.95. The standard InChI is InChI=1S/C13H15NO5/c1-18-11-4-2-9(3-5-11)7-14-10(6-12(15)16)8-19-13(14)17/h2-5,10H,6-8H2,1H3,(H,15,16). The molecule has 19 heavy (non-hydrogen) atoms. The van der Waals surface area contributed by atoms with E-state index in [1.165, 1.54) is 4.90 Å². The molecule has 0 aromatic heterocycles. The lowest BCUT2D eigenvalue weighted by molar-refractivity contribution is -0.138. The van der Waals surface area contributed by atoms with E-state index in [1.54, 1.807) is 19.2 Å². The van der Waals surface area contributed by atoms with Crippen molar-refractivity contribution in [2.75, 3.05) is 13.7 Å². The zero-order valence-electron chi connectivity index (χ0n) is 10.5. The molecule has 1 unspecified atom stereocenters. The zero-order chi connectivity index (χ0) is 13.8. The summed E-state index contributed by atoms with van der Waals surface area (Å²) in [6.07, 6.45) is -0.580. The molecule has 0 aliphatic carbocycles. The van der Waals surface area contributed by atoms with Gasteiger partial charge in [0.15, 0.2) is 0 Å². The van der Waals surface area contributed by atoms with Crippen LogP contribution < -0.4 is 4.74 Å². The Morgan fingerprint density at radius 2 is 2.16 bits per heavy atom. The molecule has 1 atom stereocenters. The predicted octanol–water partition coefficient (Wildman–Crippen LogP) is 1.49. The highest BCUT2D eigenvalue weighted by Crippen LogP contribution is 2.20. The number of carbonyl (C=O) groups excluding carboxylic acids is 1. The van der Waals surface area contributed by atoms with Crippen LogP contribution in [0.15, 0.2) is 24.3 Å². The maximum atomic E-state index is 11.6. The number of methoxy groups -OCH3 is 1. The van der Waals surface area contributed by atoms with Crippen molar-refractivity contribution in [1.29, 1.82) is 0 Å². The third-order valence-corrected chi connectivity index (χ3v) is 3.00. The largest absolute Gasteiger partial charge is 0.497 e. The van der Waals surface area contributed by atoms with Gasteiger partial charge in [-0.05, 0) is 17.7 Å². The van der Waals surface area contributed by atoms with E-state index in [9.17, 15) is 9.59 Å². The first-order chi connectivity index (χ1) is 9.10. The minimum atomic E-state index is -0.942. The van der Waals surface area contributed by atoms with Crippen molar-refractivity contribution in [3.63, 3.8) is 0 Å². The monoisotopic (exact) mass is 265 g/mol. The zero-order valence-corrected chi connectivity index (χ0v) is 10.5. The lowest BCUT2D eigenvalue weighted by Crippen LogP contribution is -2.34. The van der Waals surface area contributed by atoms with Gasteiger partial charge in [-0.1, -0.05) is 12.1 Å². The Morgan fingerprint density at radius 3 is 2.74 bits per heavy atom. The van der Waals surface area contributed by atoms with Crippen LogP contribution in [0.2, 0.25) is 0 Å². The van der Waals surface area contributed by atoms with Crippen molar-refractivity contribution in [1.82, 2.24) is 4.90 Å². The van der Waals surface area contributed by atoms with Gasteiger partial charge in [0.2, 0.25) is 0 Å². The van der Waals surface area contributed by atoms with Crippen LogP contribution in [0, 0.1) is 0 Å². The highest BCUT2D eigenvalue weighted by atomic mass is 16.6. The quantitative estimate of drug-likeness (QED) is 0.872. The van der Waals surface area contributed by atoms with E-state index in [1.807, 2.05) is 12.1 Å². The lowest BCUT2D eigenvalue weighted by atomic mass is 10.1. The van der Waals surface area contributed by atoms with Gasteiger partial charge in [-0.25, -0.2) is 4.79 Å². The van der Waals surface area contributed by atoms with Crippen LogP contribution in [0.25, 0.3) is 0 Å². The summed E-state index contributed by atoms with van der Waals surface area (Å²) in [7, 11) is 1.58. The molecule has 102 valence electrons. The molecular formula is C13H15NO5. The van der Waals surface area contributed by atoms with Crippen LogP contribution in [-0.2, 0) is 16.1 Å². The summed E-state index contributed by atoms with van der Waals surface area (Å²) in [6.45, 7) is 0.460. The Kier molecular flexibility index (Phi) is 3.89. The van der Waals surface area contributed by atoms with Gasteiger partial charge in [-0.2, -0.15) is 0 Å². The summed E-state index contributed by atoms with van der Waals surface area (Å²) in [5.41, 5.74) is 0.898. The molecule has 6 heteroatoms. The molecule has 0 saturated carbocycles. The van der Waals surface area contributed by atoms with Crippen molar-refractivity contribution in [2.45, 2.75) is 19.0 Å². The Labute approximate surface area is 110 Å². The summed E-state index contributed by atoms with van der Waals surface area (Å²) in [5, 5.41) is 8.80. The molecule has 0 spiro atoms. The SMILES string of the molecule is COc1ccc(CN2C(=O)OCC2CC(=O)O)cc1. The first kappa shape index (κ1) is 13.2. The first-order valence-corrected chi connectivity index (χ1v) is 5.88. The van der Waals surface area contributed by atoms with E-state index >= 15 is 0 Å². The Hall–Kier alpha value is -2.24. The van der Waals surface area contributed by atoms with Crippen LogP contribution in [0.1, 0.15) is 12.0 Å². The van der Waals surface area contributed by atoms with E-state index in [0.717, 1.165) is 11.3 Å². The number of carbonyl (C=O) groups is 2. The van der Waals surface area contributed by atoms with Crippen LogP contribution in [-0.4, -0.2) is 41.8 Å². The summed E-state index contributed by atoms with van der Waals surface area (Å²) in [5.74, 6) is -0.210. The summed E-state index contributed by atoms with van der Waals surface area (Å²) in [6, 6.07) is 6.85. The number of rotatable bonds is 5. The van der Waals surface area contributed by atoms with Gasteiger partial charge in [0.1, 0.15) is 12.4 Å². The van der Waals surface area contributed by atoms with Gasteiger partial charge in [-0.3, -0.25) is 9.69 Å². The number of hydrogen-bond acceptors (Lipinski definition) is 4. The fourth-order valence-electron chi connectivity index (χ4n) is 1.98. The summed E-state index contributed by atoms with van der Waals surface area (Å²) in [4.78, 5) is 23.8. The molecule has 1 saturated heterocycles. The van der Waals surface area contributed by atoms with Gasteiger partial charge in [0.25, 0.3) is 0 Å². The van der Waals surface area contributed by atoms with Crippen LogP contribution in [0.4, 0.5) is 4.79 Å². The van der Waals surface area contributed by atoms with Gasteiger partial charge >= 0.3 is 12.1 Å². The Balaban J connectivity index is 2.06. The fourth-order valence-corrected chi connectivity index (χ4v) is 1.98. The normalized spacial score (nSPS) is 18.3. The molecule has 1 N–H and O–H groups in total. The smallest absolute Gasteiger partial charge is 0.410 e. The number of ether oxygens (including phenoxy) is 2. The van der Waals surface area contributed by atoms with Crippen molar-refractivity contribution in [2.24, 2.45) is 0 Å². The maximum Gasteiger partial charge on any atom is 0.410 e. The number of carboxylic acid groups (broad SMARTS) is 1. The topological polar surface area (TPSA) is 76.1 Å². The summed E-state index contributed by atoms with van der Waals surface area (Å²) >= 11 is 0. The second kappa shape index (κ2) is 5.60. The fraction of sp³-hybridized carbons (Fsp3) is 0.385. The molecule has 1 aromatic carbocycles. The second-order valence-electron chi connectivity index (χ2n) is 4.30. The first-order valence-electron chi connectivity index (χ1n) is 5.88. The minimum Gasteiger partial charge on any atom is -0.497 e. The number of cyclic esters (lactones) is 1. The molecule has 0 bridgehead atoms. The molecular weight excluding hydrogens is 250 g/mol. The molecule has 1 aromatic rings. The maximum absolute atomic E-state index is 11.6. The highest BCUT2D eigenvalue weighted by molar-refractivity contribution is 5.73. The van der Waals surface area contributed by atoms with E-state index < -0.39 is 18.1 Å². The minimum absolute atomic E-state index is 0.109. The van der Waals surface area contributed by atoms with Crippen LogP contribution in [0.3, 0.4) is 0 Å². The number of carboxylic acids is 1. The molecule has 1 aliphatic heterocycles. The third kappa shape index (κ3) is 3.15. The molecule has 1 heterocycles. The van der Waals surface area contributed by atoms with Crippen LogP contribution in [0.5, 0.6) is 5.75 Å². The molecule has 1 fully saturated rings. The van der Waals surface area contributed by atoms with Gasteiger partial charge in [0, 0.05) is 6.54 Å².